The molecule has 0 aromatic carbocycles. The molecule has 94 valence electrons. The molecule has 0 amide bonds. The zero-order valence-corrected chi connectivity index (χ0v) is 11.4. The van der Waals surface area contributed by atoms with Gasteiger partial charge < -0.3 is 0 Å². The zero-order valence-electron chi connectivity index (χ0n) is 11.4. The maximum absolute atomic E-state index is 2.37. The summed E-state index contributed by atoms with van der Waals surface area (Å²) in [7, 11) is 0. The van der Waals surface area contributed by atoms with Crippen molar-refractivity contribution in [1.82, 2.24) is 0 Å². The highest BCUT2D eigenvalue weighted by Gasteiger charge is 1.84. The lowest BCUT2D eigenvalue weighted by molar-refractivity contribution is 0.723. The van der Waals surface area contributed by atoms with Gasteiger partial charge in [-0.25, -0.2) is 0 Å². The molecule has 0 atom stereocenters. The monoisotopic (exact) mass is 222 g/mol. The molecule has 0 fully saturated rings. The van der Waals surface area contributed by atoms with Crippen LogP contribution in [-0.2, 0) is 0 Å². The van der Waals surface area contributed by atoms with E-state index in [1.807, 2.05) is 0 Å². The van der Waals surface area contributed by atoms with Crippen LogP contribution in [0.2, 0.25) is 0 Å². The Balaban J connectivity index is 3.08. The maximum Gasteiger partial charge on any atom is -0.0351 e. The van der Waals surface area contributed by atoms with Gasteiger partial charge in [-0.3, -0.25) is 0 Å². The third-order valence-corrected chi connectivity index (χ3v) is 2.75. The number of rotatable bonds is 11. The van der Waals surface area contributed by atoms with Crippen molar-refractivity contribution in [3.63, 3.8) is 0 Å². The Morgan fingerprint density at radius 2 is 0.938 bits per heavy atom. The van der Waals surface area contributed by atoms with Crippen molar-refractivity contribution in [1.29, 1.82) is 0 Å². The first-order valence-corrected chi connectivity index (χ1v) is 7.21. The lowest BCUT2D eigenvalue weighted by Crippen LogP contribution is -1.74. The number of hydrogen-bond acceptors (Lipinski definition) is 0. The van der Waals surface area contributed by atoms with Crippen LogP contribution >= 0.6 is 0 Å². The van der Waals surface area contributed by atoms with Gasteiger partial charge in [-0.05, 0) is 44.9 Å². The molecular formula is C16H30. The van der Waals surface area contributed by atoms with E-state index in [1.165, 1.54) is 64.2 Å². The molecule has 0 aliphatic carbocycles. The molecule has 0 radical (unpaired) electrons. The van der Waals surface area contributed by atoms with Crippen molar-refractivity contribution in [3.8, 4) is 0 Å². The van der Waals surface area contributed by atoms with E-state index in [-0.39, 0.29) is 0 Å². The molecule has 16 heavy (non-hydrogen) atoms. The number of hydrogen-bond donors (Lipinski definition) is 0. The highest BCUT2D eigenvalue weighted by molar-refractivity contribution is 4.83. The Bertz CT molecular complexity index is 165. The number of unbranched alkanes of at least 4 members (excludes halogenated alkanes) is 7. The largest absolute Gasteiger partial charge is 0.0885 e. The predicted octanol–water partition coefficient (Wildman–Crippen LogP) is 6.04. The predicted molar refractivity (Wildman–Crippen MR) is 75.8 cm³/mol. The molecule has 0 spiro atoms. The van der Waals surface area contributed by atoms with Crippen LogP contribution in [0.4, 0.5) is 0 Å². The van der Waals surface area contributed by atoms with Gasteiger partial charge in [0.25, 0.3) is 0 Å². The summed E-state index contributed by atoms with van der Waals surface area (Å²) in [6.07, 6.45) is 22.5. The summed E-state index contributed by atoms with van der Waals surface area (Å²) >= 11 is 0. The maximum atomic E-state index is 2.37. The normalized spacial score (nSPS) is 11.9. The van der Waals surface area contributed by atoms with E-state index in [9.17, 15) is 0 Å². The molecule has 0 aliphatic heterocycles. The Morgan fingerprint density at radius 1 is 0.500 bits per heavy atom. The standard InChI is InChI=1S/C16H30/c1-3-5-7-9-11-13-15-16-14-12-10-8-6-4-2/h7,9,12,14H,3-6,8,10-11,13,15-16H2,1-2H3. The second-order valence-corrected chi connectivity index (χ2v) is 4.51. The van der Waals surface area contributed by atoms with Crippen LogP contribution in [0.1, 0.15) is 78.1 Å². The van der Waals surface area contributed by atoms with E-state index in [1.54, 1.807) is 0 Å². The van der Waals surface area contributed by atoms with E-state index in [0.29, 0.717) is 0 Å². The minimum absolute atomic E-state index is 1.25. The van der Waals surface area contributed by atoms with Gasteiger partial charge >= 0.3 is 0 Å². The Morgan fingerprint density at radius 3 is 1.38 bits per heavy atom. The van der Waals surface area contributed by atoms with Gasteiger partial charge in [0, 0.05) is 0 Å². The van der Waals surface area contributed by atoms with Gasteiger partial charge in [0.1, 0.15) is 0 Å². The highest BCUT2D eigenvalue weighted by atomic mass is 13.9. The fourth-order valence-corrected chi connectivity index (χ4v) is 1.67. The second kappa shape index (κ2) is 14.5. The first-order chi connectivity index (χ1) is 7.91. The van der Waals surface area contributed by atoms with E-state index in [0.717, 1.165) is 0 Å². The van der Waals surface area contributed by atoms with Crippen molar-refractivity contribution in [2.24, 2.45) is 0 Å². The van der Waals surface area contributed by atoms with Crippen molar-refractivity contribution in [3.05, 3.63) is 24.3 Å². The summed E-state index contributed by atoms with van der Waals surface area (Å²) in [6.45, 7) is 4.49. The minimum atomic E-state index is 1.25. The van der Waals surface area contributed by atoms with Crippen LogP contribution < -0.4 is 0 Å². The van der Waals surface area contributed by atoms with Crippen molar-refractivity contribution < 1.29 is 0 Å². The third-order valence-electron chi connectivity index (χ3n) is 2.75. The fraction of sp³-hybridized carbons (Fsp3) is 0.750. The molecule has 0 saturated carbocycles. The highest BCUT2D eigenvalue weighted by Crippen LogP contribution is 2.04. The Kier molecular flexibility index (Phi) is 14.0. The first-order valence-electron chi connectivity index (χ1n) is 7.21. The van der Waals surface area contributed by atoms with Crippen LogP contribution in [0.25, 0.3) is 0 Å². The number of allylic oxidation sites excluding steroid dienone is 4. The molecule has 0 heterocycles. The van der Waals surface area contributed by atoms with Crippen LogP contribution in [0, 0.1) is 0 Å². The molecule has 0 saturated heterocycles. The summed E-state index contributed by atoms with van der Waals surface area (Å²) in [5, 5.41) is 0. The molecule has 0 aromatic rings. The Hall–Kier alpha value is -0.520. The average molecular weight is 222 g/mol. The van der Waals surface area contributed by atoms with Gasteiger partial charge in [-0.2, -0.15) is 0 Å². The van der Waals surface area contributed by atoms with Crippen molar-refractivity contribution >= 4 is 0 Å². The van der Waals surface area contributed by atoms with Gasteiger partial charge in [0.05, 0.1) is 0 Å². The minimum Gasteiger partial charge on any atom is -0.0885 e. The van der Waals surface area contributed by atoms with Gasteiger partial charge in [0.2, 0.25) is 0 Å². The molecule has 0 bridgehead atoms. The van der Waals surface area contributed by atoms with E-state index >= 15 is 0 Å². The van der Waals surface area contributed by atoms with Crippen LogP contribution in [-0.4, -0.2) is 0 Å². The van der Waals surface area contributed by atoms with Gasteiger partial charge in [-0.1, -0.05) is 57.4 Å². The summed E-state index contributed by atoms with van der Waals surface area (Å²) < 4.78 is 0. The lowest BCUT2D eigenvalue weighted by atomic mass is 10.1. The van der Waals surface area contributed by atoms with Gasteiger partial charge in [0.15, 0.2) is 0 Å². The zero-order chi connectivity index (χ0) is 11.9. The summed E-state index contributed by atoms with van der Waals surface area (Å²) in [6, 6.07) is 0. The second-order valence-electron chi connectivity index (χ2n) is 4.51. The molecule has 0 rings (SSSR count). The molecule has 0 heteroatoms. The molecule has 0 nitrogen and oxygen atoms in total. The molecular weight excluding hydrogens is 192 g/mol. The fourth-order valence-electron chi connectivity index (χ4n) is 1.67. The van der Waals surface area contributed by atoms with Crippen LogP contribution in [0.5, 0.6) is 0 Å². The first kappa shape index (κ1) is 15.5. The molecule has 0 aromatic heterocycles. The smallest absolute Gasteiger partial charge is 0.0351 e. The van der Waals surface area contributed by atoms with Crippen LogP contribution in [0.3, 0.4) is 0 Å². The van der Waals surface area contributed by atoms with Gasteiger partial charge in [-0.15, -0.1) is 0 Å². The topological polar surface area (TPSA) is 0 Å². The summed E-state index contributed by atoms with van der Waals surface area (Å²) in [5.74, 6) is 0. The van der Waals surface area contributed by atoms with E-state index in [2.05, 4.69) is 38.2 Å². The molecule has 0 N–H and O–H groups in total. The Labute approximate surface area is 103 Å². The lowest BCUT2D eigenvalue weighted by Gasteiger charge is -1.94. The quantitative estimate of drug-likeness (QED) is 0.295. The van der Waals surface area contributed by atoms with E-state index in [4.69, 9.17) is 0 Å². The molecule has 0 aliphatic rings. The average Bonchev–Trinajstić information content (AvgIpc) is 2.31. The SMILES string of the molecule is CCCC=CCCCCC=CCCCCC. The van der Waals surface area contributed by atoms with Crippen molar-refractivity contribution in [2.75, 3.05) is 0 Å². The van der Waals surface area contributed by atoms with E-state index < -0.39 is 0 Å². The molecule has 0 unspecified atom stereocenters. The van der Waals surface area contributed by atoms with Crippen molar-refractivity contribution in [2.45, 2.75) is 78.1 Å². The summed E-state index contributed by atoms with van der Waals surface area (Å²) in [4.78, 5) is 0. The third kappa shape index (κ3) is 13.5. The summed E-state index contributed by atoms with van der Waals surface area (Å²) in [5.41, 5.74) is 0. The van der Waals surface area contributed by atoms with Crippen LogP contribution in [0.15, 0.2) is 24.3 Å².